The van der Waals surface area contributed by atoms with Crippen LogP contribution in [0.15, 0.2) is 24.3 Å². The second-order valence-corrected chi connectivity index (χ2v) is 2.99. The first-order chi connectivity index (χ1) is 6.15. The van der Waals surface area contributed by atoms with Crippen molar-refractivity contribution in [3.05, 3.63) is 35.4 Å². The number of hydrogen-bond donors (Lipinski definition) is 2. The third-order valence-electron chi connectivity index (χ3n) is 1.96. The SMILES string of the molecule is CC(=O)C(N)c1ccc(CO)cc1. The fourth-order valence-electron chi connectivity index (χ4n) is 1.07. The Balaban J connectivity index is 2.85. The van der Waals surface area contributed by atoms with Gasteiger partial charge in [0.2, 0.25) is 0 Å². The Bertz CT molecular complexity index is 292. The maximum absolute atomic E-state index is 10.9. The lowest BCUT2D eigenvalue weighted by Crippen LogP contribution is -2.18. The van der Waals surface area contributed by atoms with E-state index in [1.807, 2.05) is 0 Å². The van der Waals surface area contributed by atoms with E-state index in [1.165, 1.54) is 6.92 Å². The minimum Gasteiger partial charge on any atom is -0.392 e. The van der Waals surface area contributed by atoms with Crippen LogP contribution in [-0.4, -0.2) is 10.9 Å². The molecule has 0 saturated heterocycles. The van der Waals surface area contributed by atoms with Crippen molar-refractivity contribution >= 4 is 5.78 Å². The smallest absolute Gasteiger partial charge is 0.150 e. The summed E-state index contributed by atoms with van der Waals surface area (Å²) in [5.74, 6) is -0.0586. The summed E-state index contributed by atoms with van der Waals surface area (Å²) >= 11 is 0. The number of Topliss-reactive ketones (excluding diaryl/α,β-unsaturated/α-hetero) is 1. The van der Waals surface area contributed by atoms with Crippen molar-refractivity contribution in [1.82, 2.24) is 0 Å². The highest BCUT2D eigenvalue weighted by atomic mass is 16.3. The normalized spacial score (nSPS) is 12.5. The third-order valence-corrected chi connectivity index (χ3v) is 1.96. The standard InChI is InChI=1S/C10H13NO2/c1-7(13)10(11)9-4-2-8(6-12)3-5-9/h2-5,10,12H,6,11H2,1H3. The van der Waals surface area contributed by atoms with Gasteiger partial charge in [-0.15, -0.1) is 0 Å². The number of benzene rings is 1. The monoisotopic (exact) mass is 179 g/mol. The van der Waals surface area contributed by atoms with Gasteiger partial charge in [-0.1, -0.05) is 24.3 Å². The van der Waals surface area contributed by atoms with Crippen molar-refractivity contribution in [3.8, 4) is 0 Å². The van der Waals surface area contributed by atoms with Crippen molar-refractivity contribution < 1.29 is 9.90 Å². The molecule has 0 saturated carbocycles. The van der Waals surface area contributed by atoms with E-state index in [4.69, 9.17) is 10.8 Å². The van der Waals surface area contributed by atoms with Gasteiger partial charge in [-0.2, -0.15) is 0 Å². The number of ketones is 1. The Morgan fingerprint density at radius 3 is 2.38 bits per heavy atom. The first-order valence-corrected chi connectivity index (χ1v) is 4.11. The maximum Gasteiger partial charge on any atom is 0.150 e. The van der Waals surface area contributed by atoms with Crippen molar-refractivity contribution in [2.45, 2.75) is 19.6 Å². The molecule has 70 valence electrons. The van der Waals surface area contributed by atoms with Crippen LogP contribution in [0, 0.1) is 0 Å². The Morgan fingerprint density at radius 2 is 2.00 bits per heavy atom. The largest absolute Gasteiger partial charge is 0.392 e. The number of carbonyl (C=O) groups is 1. The van der Waals surface area contributed by atoms with E-state index < -0.39 is 6.04 Å². The first kappa shape index (κ1) is 9.89. The topological polar surface area (TPSA) is 63.3 Å². The van der Waals surface area contributed by atoms with Gasteiger partial charge in [-0.3, -0.25) is 4.79 Å². The summed E-state index contributed by atoms with van der Waals surface area (Å²) in [6.07, 6.45) is 0. The van der Waals surface area contributed by atoms with E-state index in [-0.39, 0.29) is 12.4 Å². The van der Waals surface area contributed by atoms with E-state index in [0.717, 1.165) is 11.1 Å². The van der Waals surface area contributed by atoms with Crippen LogP contribution >= 0.6 is 0 Å². The molecular formula is C10H13NO2. The average Bonchev–Trinajstić information content (AvgIpc) is 2.17. The molecule has 3 nitrogen and oxygen atoms in total. The summed E-state index contributed by atoms with van der Waals surface area (Å²) in [5.41, 5.74) is 7.22. The molecule has 0 bridgehead atoms. The molecule has 1 rings (SSSR count). The molecule has 0 aliphatic heterocycles. The van der Waals surface area contributed by atoms with Gasteiger partial charge in [0, 0.05) is 0 Å². The maximum atomic E-state index is 10.9. The molecule has 1 atom stereocenters. The summed E-state index contributed by atoms with van der Waals surface area (Å²) < 4.78 is 0. The number of nitrogens with two attached hydrogens (primary N) is 1. The van der Waals surface area contributed by atoms with Crippen molar-refractivity contribution in [1.29, 1.82) is 0 Å². The van der Waals surface area contributed by atoms with Crippen LogP contribution in [0.25, 0.3) is 0 Å². The van der Waals surface area contributed by atoms with E-state index in [1.54, 1.807) is 24.3 Å². The summed E-state index contributed by atoms with van der Waals surface area (Å²) in [6, 6.07) is 6.50. The number of aliphatic hydroxyl groups excluding tert-OH is 1. The minimum atomic E-state index is -0.548. The molecular weight excluding hydrogens is 166 g/mol. The Kier molecular flexibility index (Phi) is 3.17. The molecule has 1 aromatic carbocycles. The summed E-state index contributed by atoms with van der Waals surface area (Å²) in [4.78, 5) is 10.9. The van der Waals surface area contributed by atoms with Crippen LogP contribution in [-0.2, 0) is 11.4 Å². The molecule has 0 radical (unpaired) electrons. The second-order valence-electron chi connectivity index (χ2n) is 2.99. The van der Waals surface area contributed by atoms with Crippen molar-refractivity contribution in [3.63, 3.8) is 0 Å². The molecule has 0 heterocycles. The average molecular weight is 179 g/mol. The van der Waals surface area contributed by atoms with Gasteiger partial charge in [-0.25, -0.2) is 0 Å². The van der Waals surface area contributed by atoms with Gasteiger partial charge < -0.3 is 10.8 Å². The predicted molar refractivity (Wildman–Crippen MR) is 50.0 cm³/mol. The lowest BCUT2D eigenvalue weighted by atomic mass is 10.0. The van der Waals surface area contributed by atoms with Gasteiger partial charge in [0.1, 0.15) is 0 Å². The molecule has 3 N–H and O–H groups in total. The fraction of sp³-hybridized carbons (Fsp3) is 0.300. The van der Waals surface area contributed by atoms with Gasteiger partial charge in [0.25, 0.3) is 0 Å². The van der Waals surface area contributed by atoms with Crippen molar-refractivity contribution in [2.75, 3.05) is 0 Å². The highest BCUT2D eigenvalue weighted by Gasteiger charge is 2.09. The zero-order chi connectivity index (χ0) is 9.84. The van der Waals surface area contributed by atoms with Crippen LogP contribution < -0.4 is 5.73 Å². The van der Waals surface area contributed by atoms with E-state index >= 15 is 0 Å². The Labute approximate surface area is 77.2 Å². The predicted octanol–water partition coefficient (Wildman–Crippen LogP) is 0.768. The van der Waals surface area contributed by atoms with E-state index in [0.29, 0.717) is 0 Å². The summed E-state index contributed by atoms with van der Waals surface area (Å²) in [6.45, 7) is 1.47. The molecule has 1 aromatic rings. The zero-order valence-electron chi connectivity index (χ0n) is 7.53. The highest BCUT2D eigenvalue weighted by Crippen LogP contribution is 2.12. The van der Waals surface area contributed by atoms with Crippen LogP contribution in [0.3, 0.4) is 0 Å². The molecule has 1 unspecified atom stereocenters. The highest BCUT2D eigenvalue weighted by molar-refractivity contribution is 5.82. The summed E-state index contributed by atoms with van der Waals surface area (Å²) in [7, 11) is 0. The first-order valence-electron chi connectivity index (χ1n) is 4.11. The molecule has 0 aromatic heterocycles. The lowest BCUT2D eigenvalue weighted by molar-refractivity contribution is -0.118. The Morgan fingerprint density at radius 1 is 1.46 bits per heavy atom. The number of carbonyl (C=O) groups excluding carboxylic acids is 1. The molecule has 0 amide bonds. The quantitative estimate of drug-likeness (QED) is 0.720. The van der Waals surface area contributed by atoms with Crippen molar-refractivity contribution in [2.24, 2.45) is 5.73 Å². The third kappa shape index (κ3) is 2.37. The van der Waals surface area contributed by atoms with Gasteiger partial charge >= 0.3 is 0 Å². The van der Waals surface area contributed by atoms with Crippen LogP contribution in [0.5, 0.6) is 0 Å². The van der Waals surface area contributed by atoms with Crippen LogP contribution in [0.4, 0.5) is 0 Å². The number of aliphatic hydroxyl groups is 1. The summed E-state index contributed by atoms with van der Waals surface area (Å²) in [5, 5.41) is 8.78. The van der Waals surface area contributed by atoms with Crippen LogP contribution in [0.1, 0.15) is 24.1 Å². The Hall–Kier alpha value is -1.19. The molecule has 0 aliphatic carbocycles. The van der Waals surface area contributed by atoms with Gasteiger partial charge in [0.15, 0.2) is 5.78 Å². The number of hydrogen-bond acceptors (Lipinski definition) is 3. The molecule has 0 spiro atoms. The van der Waals surface area contributed by atoms with Crippen LogP contribution in [0.2, 0.25) is 0 Å². The van der Waals surface area contributed by atoms with Gasteiger partial charge in [-0.05, 0) is 18.1 Å². The lowest BCUT2D eigenvalue weighted by Gasteiger charge is -2.07. The van der Waals surface area contributed by atoms with Gasteiger partial charge in [0.05, 0.1) is 12.6 Å². The van der Waals surface area contributed by atoms with E-state index in [9.17, 15) is 4.79 Å². The molecule has 0 aliphatic rings. The van der Waals surface area contributed by atoms with E-state index in [2.05, 4.69) is 0 Å². The molecule has 13 heavy (non-hydrogen) atoms. The number of rotatable bonds is 3. The zero-order valence-corrected chi connectivity index (χ0v) is 7.53. The second kappa shape index (κ2) is 4.16. The minimum absolute atomic E-state index is 0.00951. The molecule has 3 heteroatoms. The fourth-order valence-corrected chi connectivity index (χ4v) is 1.07. The molecule has 0 fully saturated rings.